The molecular weight excluding hydrogens is 350 g/mol. The third-order valence-corrected chi connectivity index (χ3v) is 6.68. The number of para-hydroxylation sites is 1. The highest BCUT2D eigenvalue weighted by molar-refractivity contribution is 9.10. The molecule has 1 aliphatic rings. The summed E-state index contributed by atoms with van der Waals surface area (Å²) in [6.45, 7) is 4.31. The minimum Gasteiger partial charge on any atom is -0.266 e. The van der Waals surface area contributed by atoms with Gasteiger partial charge in [-0.2, -0.15) is 0 Å². The van der Waals surface area contributed by atoms with Gasteiger partial charge in [0.1, 0.15) is 0 Å². The van der Waals surface area contributed by atoms with Crippen molar-refractivity contribution in [2.75, 3.05) is 10.8 Å². The highest BCUT2D eigenvalue weighted by Crippen LogP contribution is 2.34. The van der Waals surface area contributed by atoms with Crippen LogP contribution in [0.2, 0.25) is 0 Å². The van der Waals surface area contributed by atoms with E-state index in [2.05, 4.69) is 15.9 Å². The normalized spacial score (nSPS) is 14.3. The van der Waals surface area contributed by atoms with Gasteiger partial charge in [0.15, 0.2) is 0 Å². The lowest BCUT2D eigenvalue weighted by Gasteiger charge is -2.21. The van der Waals surface area contributed by atoms with E-state index in [0.717, 1.165) is 33.3 Å². The zero-order valence-corrected chi connectivity index (χ0v) is 14.3. The van der Waals surface area contributed by atoms with Crippen molar-refractivity contribution in [3.05, 3.63) is 57.6 Å². The number of sulfonamides is 1. The monoisotopic (exact) mass is 365 g/mol. The number of nitrogens with zero attached hydrogens (tertiary/aromatic N) is 1. The van der Waals surface area contributed by atoms with Crippen LogP contribution in [-0.4, -0.2) is 15.0 Å². The van der Waals surface area contributed by atoms with Gasteiger partial charge in [0, 0.05) is 11.0 Å². The van der Waals surface area contributed by atoms with Crippen molar-refractivity contribution in [1.29, 1.82) is 0 Å². The van der Waals surface area contributed by atoms with E-state index in [4.69, 9.17) is 0 Å². The lowest BCUT2D eigenvalue weighted by molar-refractivity contribution is 0.591. The zero-order valence-electron chi connectivity index (χ0n) is 11.9. The standard InChI is InChI=1S/C16H16BrNO2S/c1-11-9-12(2)16(10-14(11)17)21(19,20)18-8-7-13-5-3-4-6-15(13)18/h3-6,9-10H,7-8H2,1-2H3. The van der Waals surface area contributed by atoms with Gasteiger partial charge in [0.05, 0.1) is 10.6 Å². The molecule has 0 radical (unpaired) electrons. The molecule has 2 aromatic carbocycles. The Morgan fingerprint density at radius 1 is 1.10 bits per heavy atom. The number of benzene rings is 2. The fourth-order valence-electron chi connectivity index (χ4n) is 2.76. The van der Waals surface area contributed by atoms with Gasteiger partial charge in [-0.05, 0) is 49.1 Å². The molecule has 0 atom stereocenters. The molecule has 21 heavy (non-hydrogen) atoms. The predicted molar refractivity (Wildman–Crippen MR) is 88.3 cm³/mol. The molecule has 0 bridgehead atoms. The lowest BCUT2D eigenvalue weighted by Crippen LogP contribution is -2.29. The first-order valence-corrected chi connectivity index (χ1v) is 9.02. The predicted octanol–water partition coefficient (Wildman–Crippen LogP) is 3.82. The highest BCUT2D eigenvalue weighted by Gasteiger charge is 2.31. The first-order valence-electron chi connectivity index (χ1n) is 6.78. The average molecular weight is 366 g/mol. The molecule has 5 heteroatoms. The second kappa shape index (κ2) is 5.14. The second-order valence-electron chi connectivity index (χ2n) is 5.32. The summed E-state index contributed by atoms with van der Waals surface area (Å²) >= 11 is 3.43. The van der Waals surface area contributed by atoms with Crippen molar-refractivity contribution < 1.29 is 8.42 Å². The third kappa shape index (κ3) is 2.38. The van der Waals surface area contributed by atoms with E-state index in [0.29, 0.717) is 11.4 Å². The fourth-order valence-corrected chi connectivity index (χ4v) is 5.00. The third-order valence-electron chi connectivity index (χ3n) is 3.87. The van der Waals surface area contributed by atoms with E-state index in [-0.39, 0.29) is 0 Å². The van der Waals surface area contributed by atoms with Crippen molar-refractivity contribution in [3.8, 4) is 0 Å². The SMILES string of the molecule is Cc1cc(C)c(S(=O)(=O)N2CCc3ccccc32)cc1Br. The van der Waals surface area contributed by atoms with Crippen LogP contribution in [0, 0.1) is 13.8 Å². The largest absolute Gasteiger partial charge is 0.266 e. The average Bonchev–Trinajstić information content (AvgIpc) is 2.87. The molecule has 0 N–H and O–H groups in total. The topological polar surface area (TPSA) is 37.4 Å². The van der Waals surface area contributed by atoms with Crippen LogP contribution < -0.4 is 4.31 Å². The van der Waals surface area contributed by atoms with Crippen LogP contribution in [0.5, 0.6) is 0 Å². The lowest BCUT2D eigenvalue weighted by atomic mass is 10.2. The highest BCUT2D eigenvalue weighted by atomic mass is 79.9. The van der Waals surface area contributed by atoms with Crippen molar-refractivity contribution in [1.82, 2.24) is 0 Å². The molecule has 110 valence electrons. The molecule has 0 unspecified atom stereocenters. The fraction of sp³-hybridized carbons (Fsp3) is 0.250. The molecule has 0 amide bonds. The molecule has 3 rings (SSSR count). The zero-order chi connectivity index (χ0) is 15.2. The molecule has 0 aliphatic carbocycles. The molecule has 0 fully saturated rings. The van der Waals surface area contributed by atoms with Crippen LogP contribution in [0.15, 0.2) is 45.8 Å². The van der Waals surface area contributed by atoms with E-state index in [1.165, 1.54) is 4.31 Å². The number of aryl methyl sites for hydroxylation is 2. The van der Waals surface area contributed by atoms with Gasteiger partial charge in [-0.15, -0.1) is 0 Å². The number of hydrogen-bond acceptors (Lipinski definition) is 2. The molecular formula is C16H16BrNO2S. The van der Waals surface area contributed by atoms with E-state index < -0.39 is 10.0 Å². The second-order valence-corrected chi connectivity index (χ2v) is 8.01. The molecule has 0 aromatic heterocycles. The van der Waals surface area contributed by atoms with E-state index >= 15 is 0 Å². The Balaban J connectivity index is 2.13. The molecule has 2 aromatic rings. The smallest absolute Gasteiger partial charge is 0.264 e. The number of hydrogen-bond donors (Lipinski definition) is 0. The Hall–Kier alpha value is -1.33. The quantitative estimate of drug-likeness (QED) is 0.811. The minimum absolute atomic E-state index is 0.372. The summed E-state index contributed by atoms with van der Waals surface area (Å²) in [6, 6.07) is 11.3. The van der Waals surface area contributed by atoms with E-state index in [1.54, 1.807) is 6.07 Å². The summed E-state index contributed by atoms with van der Waals surface area (Å²) in [4.78, 5) is 0.372. The van der Waals surface area contributed by atoms with Crippen molar-refractivity contribution >= 4 is 31.6 Å². The van der Waals surface area contributed by atoms with Gasteiger partial charge in [0.25, 0.3) is 10.0 Å². The maximum atomic E-state index is 13.0. The summed E-state index contributed by atoms with van der Waals surface area (Å²) in [5.74, 6) is 0. The molecule has 1 aliphatic heterocycles. The Kier molecular flexibility index (Phi) is 3.58. The van der Waals surface area contributed by atoms with Crippen LogP contribution in [0.25, 0.3) is 0 Å². The summed E-state index contributed by atoms with van der Waals surface area (Å²) in [6.07, 6.45) is 0.765. The number of fused-ring (bicyclic) bond motifs is 1. The number of rotatable bonds is 2. The van der Waals surface area contributed by atoms with Gasteiger partial charge < -0.3 is 0 Å². The number of anilines is 1. The van der Waals surface area contributed by atoms with Crippen molar-refractivity contribution in [2.45, 2.75) is 25.2 Å². The summed E-state index contributed by atoms with van der Waals surface area (Å²) in [5.41, 5.74) is 3.70. The van der Waals surface area contributed by atoms with Crippen molar-refractivity contribution in [3.63, 3.8) is 0 Å². The Labute approximate surface area is 133 Å². The summed E-state index contributed by atoms with van der Waals surface area (Å²) in [5, 5.41) is 0. The molecule has 0 saturated carbocycles. The molecule has 0 saturated heterocycles. The Bertz CT molecular complexity index is 815. The first-order chi connectivity index (χ1) is 9.91. The minimum atomic E-state index is -3.52. The van der Waals surface area contributed by atoms with Crippen LogP contribution in [0.4, 0.5) is 5.69 Å². The molecule has 1 heterocycles. The van der Waals surface area contributed by atoms with Crippen LogP contribution >= 0.6 is 15.9 Å². The van der Waals surface area contributed by atoms with Gasteiger partial charge >= 0.3 is 0 Å². The maximum absolute atomic E-state index is 13.0. The van der Waals surface area contributed by atoms with Gasteiger partial charge in [-0.1, -0.05) is 40.2 Å². The van der Waals surface area contributed by atoms with Crippen molar-refractivity contribution in [2.24, 2.45) is 0 Å². The van der Waals surface area contributed by atoms with Crippen LogP contribution in [0.3, 0.4) is 0 Å². The molecule has 3 nitrogen and oxygen atoms in total. The Morgan fingerprint density at radius 2 is 1.81 bits per heavy atom. The number of halogens is 1. The van der Waals surface area contributed by atoms with Gasteiger partial charge in [0.2, 0.25) is 0 Å². The first kappa shape index (κ1) is 14.6. The van der Waals surface area contributed by atoms with Crippen LogP contribution in [0.1, 0.15) is 16.7 Å². The summed E-state index contributed by atoms with van der Waals surface area (Å²) < 4.78 is 28.3. The van der Waals surface area contributed by atoms with Gasteiger partial charge in [-0.25, -0.2) is 8.42 Å². The maximum Gasteiger partial charge on any atom is 0.264 e. The Morgan fingerprint density at radius 3 is 2.57 bits per heavy atom. The van der Waals surface area contributed by atoms with Gasteiger partial charge in [-0.3, -0.25) is 4.31 Å². The summed E-state index contributed by atoms with van der Waals surface area (Å²) in [7, 11) is -3.52. The molecule has 0 spiro atoms. The van der Waals surface area contributed by atoms with E-state index in [1.807, 2.05) is 44.2 Å². The van der Waals surface area contributed by atoms with E-state index in [9.17, 15) is 8.42 Å². The van der Waals surface area contributed by atoms with Crippen LogP contribution in [-0.2, 0) is 16.4 Å².